The van der Waals surface area contributed by atoms with Gasteiger partial charge in [-0.05, 0) is 31.5 Å². The molecule has 0 atom stereocenters. The third kappa shape index (κ3) is 3.72. The van der Waals surface area contributed by atoms with E-state index in [-0.39, 0.29) is 12.0 Å². The molecule has 6 heteroatoms. The second kappa shape index (κ2) is 7.26. The number of hydrogen-bond donors (Lipinski definition) is 0. The second-order valence-corrected chi connectivity index (χ2v) is 7.91. The SMILES string of the molecule is Cc1cc(C)cc(CN2CC3(CCN(C(=O)c4ccccn4)CC3)OC2=O)c1. The molecular formula is C22H25N3O3. The van der Waals surface area contributed by atoms with Gasteiger partial charge in [-0.3, -0.25) is 14.7 Å². The first-order chi connectivity index (χ1) is 13.4. The minimum absolute atomic E-state index is 0.0631. The number of ether oxygens (including phenoxy) is 1. The predicted molar refractivity (Wildman–Crippen MR) is 105 cm³/mol. The van der Waals surface area contributed by atoms with E-state index in [0.717, 1.165) is 5.56 Å². The van der Waals surface area contributed by atoms with Crippen LogP contribution in [-0.4, -0.2) is 52.0 Å². The van der Waals surface area contributed by atoms with Crippen LogP contribution in [0.2, 0.25) is 0 Å². The largest absolute Gasteiger partial charge is 0.441 e. The molecule has 0 N–H and O–H groups in total. The van der Waals surface area contributed by atoms with Crippen molar-refractivity contribution < 1.29 is 14.3 Å². The number of aromatic nitrogens is 1. The summed E-state index contributed by atoms with van der Waals surface area (Å²) in [5.41, 5.74) is 3.47. The number of aryl methyl sites for hydroxylation is 2. The summed E-state index contributed by atoms with van der Waals surface area (Å²) >= 11 is 0. The number of amides is 2. The summed E-state index contributed by atoms with van der Waals surface area (Å²) < 4.78 is 5.80. The van der Waals surface area contributed by atoms with Gasteiger partial charge in [0, 0.05) is 38.7 Å². The van der Waals surface area contributed by atoms with E-state index in [1.54, 1.807) is 28.1 Å². The fourth-order valence-corrected chi connectivity index (χ4v) is 4.22. The number of carbonyl (C=O) groups is 2. The molecule has 2 aromatic rings. The van der Waals surface area contributed by atoms with Gasteiger partial charge in [0.05, 0.1) is 6.54 Å². The summed E-state index contributed by atoms with van der Waals surface area (Å²) in [7, 11) is 0. The Hall–Kier alpha value is -2.89. The Bertz CT molecular complexity index is 869. The molecule has 2 aliphatic heterocycles. The molecule has 2 amide bonds. The summed E-state index contributed by atoms with van der Waals surface area (Å²) in [6.07, 6.45) is 2.67. The molecule has 28 heavy (non-hydrogen) atoms. The molecule has 1 aromatic carbocycles. The molecule has 6 nitrogen and oxygen atoms in total. The minimum atomic E-state index is -0.489. The van der Waals surface area contributed by atoms with Crippen LogP contribution in [-0.2, 0) is 11.3 Å². The van der Waals surface area contributed by atoms with Crippen LogP contribution in [0.5, 0.6) is 0 Å². The molecule has 0 saturated carbocycles. The fourth-order valence-electron chi connectivity index (χ4n) is 4.22. The van der Waals surface area contributed by atoms with Crippen molar-refractivity contribution in [1.82, 2.24) is 14.8 Å². The Labute approximate surface area is 165 Å². The molecule has 0 radical (unpaired) electrons. The number of likely N-dealkylation sites (tertiary alicyclic amines) is 1. The lowest BCUT2D eigenvalue weighted by Gasteiger charge is -2.37. The molecule has 2 fully saturated rings. The number of nitrogens with zero attached hydrogens (tertiary/aromatic N) is 3. The molecule has 0 unspecified atom stereocenters. The van der Waals surface area contributed by atoms with Crippen molar-refractivity contribution in [3.63, 3.8) is 0 Å². The number of hydrogen-bond acceptors (Lipinski definition) is 4. The van der Waals surface area contributed by atoms with Crippen LogP contribution in [0.1, 0.15) is 40.0 Å². The summed E-state index contributed by atoms with van der Waals surface area (Å²) in [5.74, 6) is -0.0631. The molecule has 2 saturated heterocycles. The van der Waals surface area contributed by atoms with E-state index in [4.69, 9.17) is 4.74 Å². The summed E-state index contributed by atoms with van der Waals surface area (Å²) in [5, 5.41) is 0. The van der Waals surface area contributed by atoms with Crippen LogP contribution < -0.4 is 0 Å². The Balaban J connectivity index is 1.39. The highest BCUT2D eigenvalue weighted by atomic mass is 16.6. The van der Waals surface area contributed by atoms with Crippen LogP contribution in [0.15, 0.2) is 42.6 Å². The first kappa shape index (κ1) is 18.5. The molecule has 1 aromatic heterocycles. The van der Waals surface area contributed by atoms with Gasteiger partial charge in [0.2, 0.25) is 0 Å². The summed E-state index contributed by atoms with van der Waals surface area (Å²) in [4.78, 5) is 32.8. The van der Waals surface area contributed by atoms with Gasteiger partial charge >= 0.3 is 6.09 Å². The van der Waals surface area contributed by atoms with E-state index in [1.165, 1.54) is 11.1 Å². The maximum atomic E-state index is 12.6. The van der Waals surface area contributed by atoms with Gasteiger partial charge in [0.15, 0.2) is 0 Å². The lowest BCUT2D eigenvalue weighted by molar-refractivity contribution is 0.00296. The average Bonchev–Trinajstić information content (AvgIpc) is 2.96. The van der Waals surface area contributed by atoms with Crippen molar-refractivity contribution in [3.8, 4) is 0 Å². The maximum Gasteiger partial charge on any atom is 0.410 e. The zero-order valence-corrected chi connectivity index (χ0v) is 16.4. The van der Waals surface area contributed by atoms with Gasteiger partial charge in [0.25, 0.3) is 5.91 Å². The quantitative estimate of drug-likeness (QED) is 0.821. The van der Waals surface area contributed by atoms with Gasteiger partial charge in [-0.1, -0.05) is 35.4 Å². The lowest BCUT2D eigenvalue weighted by atomic mass is 9.91. The van der Waals surface area contributed by atoms with Gasteiger partial charge in [-0.15, -0.1) is 0 Å². The van der Waals surface area contributed by atoms with Crippen molar-refractivity contribution in [2.75, 3.05) is 19.6 Å². The van der Waals surface area contributed by atoms with Crippen LogP contribution in [0, 0.1) is 13.8 Å². The van der Waals surface area contributed by atoms with E-state index < -0.39 is 5.60 Å². The molecule has 3 heterocycles. The Morgan fingerprint density at radius 2 is 1.86 bits per heavy atom. The molecule has 1 spiro atoms. The van der Waals surface area contributed by atoms with Crippen LogP contribution in [0.3, 0.4) is 0 Å². The highest BCUT2D eigenvalue weighted by Crippen LogP contribution is 2.34. The van der Waals surface area contributed by atoms with Crippen molar-refractivity contribution >= 4 is 12.0 Å². The first-order valence-corrected chi connectivity index (χ1v) is 9.70. The third-order valence-electron chi connectivity index (χ3n) is 5.54. The molecule has 0 bridgehead atoms. The van der Waals surface area contributed by atoms with Crippen LogP contribution in [0.25, 0.3) is 0 Å². The second-order valence-electron chi connectivity index (χ2n) is 7.91. The van der Waals surface area contributed by atoms with Crippen molar-refractivity contribution in [1.29, 1.82) is 0 Å². The highest BCUT2D eigenvalue weighted by Gasteiger charge is 2.47. The lowest BCUT2D eigenvalue weighted by Crippen LogP contribution is -2.48. The van der Waals surface area contributed by atoms with E-state index in [2.05, 4.69) is 37.0 Å². The number of pyridine rings is 1. The smallest absolute Gasteiger partial charge is 0.410 e. The Morgan fingerprint density at radius 1 is 1.14 bits per heavy atom. The van der Waals surface area contributed by atoms with Gasteiger partial charge in [-0.2, -0.15) is 0 Å². The van der Waals surface area contributed by atoms with Crippen molar-refractivity contribution in [2.45, 2.75) is 38.8 Å². The standard InChI is InChI=1S/C22H25N3O3/c1-16-11-17(2)13-18(12-16)14-25-15-22(28-21(25)27)6-9-24(10-7-22)20(26)19-5-3-4-8-23-19/h3-5,8,11-13H,6-7,9-10,14-15H2,1-2H3. The van der Waals surface area contributed by atoms with Gasteiger partial charge in [0.1, 0.15) is 11.3 Å². The normalized spacial score (nSPS) is 18.4. The van der Waals surface area contributed by atoms with E-state index in [0.29, 0.717) is 44.7 Å². The number of piperidine rings is 1. The monoisotopic (exact) mass is 379 g/mol. The maximum absolute atomic E-state index is 12.6. The van der Waals surface area contributed by atoms with Crippen molar-refractivity contribution in [2.24, 2.45) is 0 Å². The summed E-state index contributed by atoms with van der Waals surface area (Å²) in [6.45, 7) is 6.40. The van der Waals surface area contributed by atoms with Crippen molar-refractivity contribution in [3.05, 3.63) is 65.0 Å². The zero-order chi connectivity index (χ0) is 19.7. The number of benzene rings is 1. The van der Waals surface area contributed by atoms with E-state index >= 15 is 0 Å². The summed E-state index contributed by atoms with van der Waals surface area (Å²) in [6, 6.07) is 11.7. The number of rotatable bonds is 3. The molecule has 0 aliphatic carbocycles. The van der Waals surface area contributed by atoms with E-state index in [9.17, 15) is 9.59 Å². The zero-order valence-electron chi connectivity index (χ0n) is 16.4. The Morgan fingerprint density at radius 3 is 2.50 bits per heavy atom. The topological polar surface area (TPSA) is 62.7 Å². The number of carbonyl (C=O) groups excluding carboxylic acids is 2. The first-order valence-electron chi connectivity index (χ1n) is 9.70. The molecule has 4 rings (SSSR count). The minimum Gasteiger partial charge on any atom is -0.441 e. The van der Waals surface area contributed by atoms with Gasteiger partial charge in [-0.25, -0.2) is 4.79 Å². The third-order valence-corrected chi connectivity index (χ3v) is 5.54. The average molecular weight is 379 g/mol. The van der Waals surface area contributed by atoms with Crippen LogP contribution >= 0.6 is 0 Å². The van der Waals surface area contributed by atoms with Gasteiger partial charge < -0.3 is 9.64 Å². The molecule has 146 valence electrons. The Kier molecular flexibility index (Phi) is 4.79. The highest BCUT2D eigenvalue weighted by molar-refractivity contribution is 5.92. The predicted octanol–water partition coefficient (Wildman–Crippen LogP) is 3.33. The molecule has 2 aliphatic rings. The fraction of sp³-hybridized carbons (Fsp3) is 0.409. The molecular weight excluding hydrogens is 354 g/mol. The van der Waals surface area contributed by atoms with Crippen LogP contribution in [0.4, 0.5) is 4.79 Å². The van der Waals surface area contributed by atoms with E-state index in [1.807, 2.05) is 6.07 Å².